The van der Waals surface area contributed by atoms with E-state index in [2.05, 4.69) is 31.6 Å². The van der Waals surface area contributed by atoms with Gasteiger partial charge in [0.25, 0.3) is 0 Å². The summed E-state index contributed by atoms with van der Waals surface area (Å²) in [5.74, 6) is 0.150. The molecule has 6 rings (SSSR count). The summed E-state index contributed by atoms with van der Waals surface area (Å²) in [4.78, 5) is 8.63. The predicted octanol–water partition coefficient (Wildman–Crippen LogP) is 4.12. The molecule has 1 saturated carbocycles. The molecule has 0 radical (unpaired) electrons. The lowest BCUT2D eigenvalue weighted by Crippen LogP contribution is -2.62. The fourth-order valence-electron chi connectivity index (χ4n) is 4.95. The number of fused-ring (bicyclic) bond motifs is 4. The van der Waals surface area contributed by atoms with Crippen molar-refractivity contribution in [3.8, 4) is 5.88 Å². The Kier molecular flexibility index (Phi) is 5.44. The first kappa shape index (κ1) is 20.5. The van der Waals surface area contributed by atoms with Crippen LogP contribution in [0.15, 0.2) is 40.3 Å². The van der Waals surface area contributed by atoms with Gasteiger partial charge in [-0.05, 0) is 51.0 Å². The Morgan fingerprint density at radius 2 is 2.10 bits per heavy atom. The van der Waals surface area contributed by atoms with Gasteiger partial charge in [0.1, 0.15) is 5.82 Å². The molecule has 3 fully saturated rings. The highest BCUT2D eigenvalue weighted by Crippen LogP contribution is 2.46. The number of azo groups is 1. The smallest absolute Gasteiger partial charge is 0.213 e. The molecule has 4 aliphatic rings. The molecule has 2 bridgehead atoms. The van der Waals surface area contributed by atoms with Crippen molar-refractivity contribution < 1.29 is 13.9 Å². The van der Waals surface area contributed by atoms with Crippen molar-refractivity contribution in [2.75, 3.05) is 26.8 Å². The van der Waals surface area contributed by atoms with Crippen LogP contribution in [0.4, 0.5) is 4.39 Å². The van der Waals surface area contributed by atoms with Gasteiger partial charge in [-0.3, -0.25) is 4.98 Å². The summed E-state index contributed by atoms with van der Waals surface area (Å²) in [6, 6.07) is 3.57. The second-order valence-electron chi connectivity index (χ2n) is 8.86. The molecule has 0 amide bonds. The maximum absolute atomic E-state index is 14.7. The zero-order chi connectivity index (χ0) is 21.3. The molecule has 31 heavy (non-hydrogen) atoms. The van der Waals surface area contributed by atoms with E-state index >= 15 is 0 Å². The zero-order valence-corrected chi connectivity index (χ0v) is 17.9. The van der Waals surface area contributed by atoms with Gasteiger partial charge in [-0.25, -0.2) is 9.37 Å². The SMILES string of the molecule is COc1ccc2ncc(F)c(CCC34CCC(NCC5=CCCN=N5)(CC3)CO4)c2n1. The number of hydrogen-bond acceptors (Lipinski definition) is 7. The largest absolute Gasteiger partial charge is 0.481 e. The number of aryl methyl sites for hydroxylation is 1. The lowest BCUT2D eigenvalue weighted by molar-refractivity contribution is -0.164. The predicted molar refractivity (Wildman–Crippen MR) is 115 cm³/mol. The maximum Gasteiger partial charge on any atom is 0.213 e. The molecule has 0 unspecified atom stereocenters. The average Bonchev–Trinajstić information content (AvgIpc) is 2.84. The topological polar surface area (TPSA) is 81.0 Å². The molecular weight excluding hydrogens is 397 g/mol. The van der Waals surface area contributed by atoms with Crippen LogP contribution in [0.25, 0.3) is 11.0 Å². The van der Waals surface area contributed by atoms with Crippen LogP contribution in [0.2, 0.25) is 0 Å². The van der Waals surface area contributed by atoms with E-state index in [-0.39, 0.29) is 17.0 Å². The van der Waals surface area contributed by atoms with Gasteiger partial charge in [0.05, 0.1) is 48.8 Å². The van der Waals surface area contributed by atoms with Crippen molar-refractivity contribution in [1.29, 1.82) is 0 Å². The van der Waals surface area contributed by atoms with Crippen molar-refractivity contribution in [3.05, 3.63) is 41.5 Å². The van der Waals surface area contributed by atoms with Crippen LogP contribution in [0.3, 0.4) is 0 Å². The maximum atomic E-state index is 14.7. The summed E-state index contributed by atoms with van der Waals surface area (Å²) in [5.41, 5.74) is 2.70. The number of nitrogens with zero attached hydrogens (tertiary/aromatic N) is 4. The van der Waals surface area contributed by atoms with Gasteiger partial charge in [-0.1, -0.05) is 6.08 Å². The average molecular weight is 426 g/mol. The Balaban J connectivity index is 1.25. The van der Waals surface area contributed by atoms with E-state index in [1.807, 2.05) is 6.07 Å². The van der Waals surface area contributed by atoms with Crippen LogP contribution in [0.5, 0.6) is 5.88 Å². The third-order valence-electron chi connectivity index (χ3n) is 7.00. The van der Waals surface area contributed by atoms with Gasteiger partial charge in [0.2, 0.25) is 5.88 Å². The van der Waals surface area contributed by atoms with E-state index in [9.17, 15) is 4.39 Å². The molecule has 1 N–H and O–H groups in total. The Morgan fingerprint density at radius 3 is 2.81 bits per heavy atom. The Morgan fingerprint density at radius 1 is 1.23 bits per heavy atom. The van der Waals surface area contributed by atoms with E-state index < -0.39 is 0 Å². The minimum atomic E-state index is -0.317. The summed E-state index contributed by atoms with van der Waals surface area (Å²) < 4.78 is 26.3. The van der Waals surface area contributed by atoms with Crippen molar-refractivity contribution in [3.63, 3.8) is 0 Å². The van der Waals surface area contributed by atoms with E-state index in [0.717, 1.165) is 57.3 Å². The molecule has 2 aromatic rings. The van der Waals surface area contributed by atoms with Crippen molar-refractivity contribution >= 4 is 11.0 Å². The van der Waals surface area contributed by atoms with Gasteiger partial charge in [-0.15, -0.1) is 0 Å². The van der Waals surface area contributed by atoms with Crippen LogP contribution in [-0.4, -0.2) is 47.9 Å². The molecular formula is C23H28FN5O2. The third-order valence-corrected chi connectivity index (χ3v) is 7.00. The van der Waals surface area contributed by atoms with Gasteiger partial charge in [0, 0.05) is 23.7 Å². The second-order valence-corrected chi connectivity index (χ2v) is 8.86. The van der Waals surface area contributed by atoms with Crippen molar-refractivity contribution in [2.45, 2.75) is 56.1 Å². The molecule has 8 heteroatoms. The summed E-state index contributed by atoms with van der Waals surface area (Å²) in [5, 5.41) is 12.1. The minimum Gasteiger partial charge on any atom is -0.481 e. The zero-order valence-electron chi connectivity index (χ0n) is 17.9. The molecule has 0 aromatic carbocycles. The molecule has 1 aliphatic carbocycles. The Hall–Kier alpha value is -2.45. The molecule has 2 aromatic heterocycles. The van der Waals surface area contributed by atoms with Crippen LogP contribution < -0.4 is 10.1 Å². The molecule has 0 atom stereocenters. The number of hydrogen-bond donors (Lipinski definition) is 1. The number of ether oxygens (including phenoxy) is 2. The standard InChI is InChI=1S/C23H28FN5O2/c1-30-20-5-4-19-21(28-20)17(18(24)14-25-19)6-7-23-10-8-22(9-11-23,15-31-23)26-13-16-3-2-12-27-29-16/h3-5,14,26H,2,6-13,15H2,1H3. The summed E-state index contributed by atoms with van der Waals surface area (Å²) in [7, 11) is 1.56. The van der Waals surface area contributed by atoms with Crippen LogP contribution in [0.1, 0.15) is 44.1 Å². The van der Waals surface area contributed by atoms with Crippen molar-refractivity contribution in [1.82, 2.24) is 15.3 Å². The highest BCUT2D eigenvalue weighted by atomic mass is 19.1. The molecule has 2 saturated heterocycles. The number of halogens is 1. The van der Waals surface area contributed by atoms with Crippen LogP contribution in [0, 0.1) is 5.82 Å². The second kappa shape index (κ2) is 8.24. The van der Waals surface area contributed by atoms with E-state index in [4.69, 9.17) is 9.47 Å². The number of methoxy groups -OCH3 is 1. The van der Waals surface area contributed by atoms with Gasteiger partial charge in [-0.2, -0.15) is 10.2 Å². The lowest BCUT2D eigenvalue weighted by atomic mass is 9.69. The van der Waals surface area contributed by atoms with Gasteiger partial charge >= 0.3 is 0 Å². The molecule has 7 nitrogen and oxygen atoms in total. The molecule has 0 spiro atoms. The lowest BCUT2D eigenvalue weighted by Gasteiger charge is -2.53. The van der Waals surface area contributed by atoms with E-state index in [1.54, 1.807) is 13.2 Å². The Bertz CT molecular complexity index is 1010. The Labute approximate surface area is 181 Å². The highest BCUT2D eigenvalue weighted by molar-refractivity contribution is 5.78. The first-order chi connectivity index (χ1) is 15.1. The highest BCUT2D eigenvalue weighted by Gasteiger charge is 2.49. The first-order valence-electron chi connectivity index (χ1n) is 11.0. The number of pyridine rings is 2. The van der Waals surface area contributed by atoms with E-state index in [1.165, 1.54) is 6.20 Å². The number of rotatable bonds is 7. The molecule has 5 heterocycles. The first-order valence-corrected chi connectivity index (χ1v) is 11.0. The van der Waals surface area contributed by atoms with Crippen molar-refractivity contribution in [2.24, 2.45) is 10.2 Å². The van der Waals surface area contributed by atoms with Crippen LogP contribution in [-0.2, 0) is 11.2 Å². The number of aromatic nitrogens is 2. The fourth-order valence-corrected chi connectivity index (χ4v) is 4.95. The monoisotopic (exact) mass is 425 g/mol. The summed E-state index contributed by atoms with van der Waals surface area (Å²) >= 11 is 0. The molecule has 164 valence electrons. The van der Waals surface area contributed by atoms with E-state index in [0.29, 0.717) is 35.5 Å². The number of nitrogens with one attached hydrogen (secondary N) is 1. The van der Waals surface area contributed by atoms with Gasteiger partial charge in [0.15, 0.2) is 0 Å². The molecule has 3 aliphatic heterocycles. The summed E-state index contributed by atoms with van der Waals surface area (Å²) in [6.45, 7) is 2.21. The fraction of sp³-hybridized carbons (Fsp3) is 0.565. The van der Waals surface area contributed by atoms with Gasteiger partial charge < -0.3 is 14.8 Å². The van der Waals surface area contributed by atoms with Crippen LogP contribution >= 0.6 is 0 Å². The quantitative estimate of drug-likeness (QED) is 0.722. The minimum absolute atomic E-state index is 0.0130. The third kappa shape index (κ3) is 4.06. The normalized spacial score (nSPS) is 27.5. The summed E-state index contributed by atoms with van der Waals surface area (Å²) in [6.07, 6.45) is 9.82.